The van der Waals surface area contributed by atoms with Crippen molar-refractivity contribution in [2.75, 3.05) is 0 Å². The zero-order valence-corrected chi connectivity index (χ0v) is 16.0. The molecule has 0 aliphatic heterocycles. The maximum atomic E-state index is 2.66. The summed E-state index contributed by atoms with van der Waals surface area (Å²) in [7, 11) is 0. The van der Waals surface area contributed by atoms with Crippen molar-refractivity contribution in [1.29, 1.82) is 0 Å². The van der Waals surface area contributed by atoms with Crippen LogP contribution < -0.4 is 0 Å². The molecule has 0 N–H and O–H groups in total. The summed E-state index contributed by atoms with van der Waals surface area (Å²) in [5.41, 5.74) is 1.41. The van der Waals surface area contributed by atoms with Crippen molar-refractivity contribution in [3.05, 3.63) is 0 Å². The van der Waals surface area contributed by atoms with Crippen LogP contribution in [0.5, 0.6) is 0 Å². The van der Waals surface area contributed by atoms with Crippen LogP contribution >= 0.6 is 0 Å². The molecule has 3 aliphatic rings. The van der Waals surface area contributed by atoms with Crippen LogP contribution in [0.25, 0.3) is 0 Å². The van der Waals surface area contributed by atoms with Gasteiger partial charge in [-0.05, 0) is 72.5 Å². The Labute approximate surface area is 139 Å². The molecule has 6 atom stereocenters. The highest BCUT2D eigenvalue weighted by Crippen LogP contribution is 2.63. The van der Waals surface area contributed by atoms with Gasteiger partial charge in [0.2, 0.25) is 0 Å². The first-order valence-electron chi connectivity index (χ1n) is 10.4. The normalized spacial score (nSPS) is 49.9. The minimum atomic E-state index is 0.653. The van der Waals surface area contributed by atoms with Crippen LogP contribution in [-0.4, -0.2) is 0 Å². The smallest absolute Gasteiger partial charge is 0.0292 e. The van der Waals surface area contributed by atoms with Gasteiger partial charge in [0.05, 0.1) is 0 Å². The highest BCUT2D eigenvalue weighted by Gasteiger charge is 2.56. The summed E-state index contributed by atoms with van der Waals surface area (Å²) in [6, 6.07) is 0. The summed E-state index contributed by atoms with van der Waals surface area (Å²) in [5, 5.41) is 0. The lowest BCUT2D eigenvalue weighted by Crippen LogP contribution is -2.22. The van der Waals surface area contributed by atoms with Gasteiger partial charge in [-0.25, -0.2) is 0 Å². The highest BCUT2D eigenvalue weighted by molar-refractivity contribution is 5.05. The molecule has 0 amide bonds. The van der Waals surface area contributed by atoms with E-state index in [9.17, 15) is 0 Å². The van der Waals surface area contributed by atoms with Crippen LogP contribution in [-0.2, 0) is 0 Å². The fraction of sp³-hybridized carbons (Fsp3) is 1.00. The van der Waals surface area contributed by atoms with E-state index in [4.69, 9.17) is 0 Å². The molecule has 3 saturated carbocycles. The van der Waals surface area contributed by atoms with Gasteiger partial charge in [-0.15, -0.1) is 0 Å². The van der Waals surface area contributed by atoms with Crippen molar-refractivity contribution in [2.24, 2.45) is 40.4 Å². The number of rotatable bonds is 2. The van der Waals surface area contributed by atoms with Gasteiger partial charge < -0.3 is 0 Å². The average molecular weight is 305 g/mol. The van der Waals surface area contributed by atoms with E-state index in [1.54, 1.807) is 6.42 Å². The van der Waals surface area contributed by atoms with Crippen LogP contribution in [0.2, 0.25) is 0 Å². The molecule has 0 aromatic heterocycles. The third-order valence-electron chi connectivity index (χ3n) is 8.11. The van der Waals surface area contributed by atoms with Crippen molar-refractivity contribution in [3.63, 3.8) is 0 Å². The largest absolute Gasteiger partial charge is 0.0625 e. The van der Waals surface area contributed by atoms with Crippen molar-refractivity contribution in [1.82, 2.24) is 0 Å². The van der Waals surface area contributed by atoms with E-state index in [0.717, 1.165) is 35.0 Å². The zero-order chi connectivity index (χ0) is 16.0. The van der Waals surface area contributed by atoms with Gasteiger partial charge in [0.1, 0.15) is 0 Å². The van der Waals surface area contributed by atoms with Gasteiger partial charge in [-0.2, -0.15) is 0 Å². The predicted octanol–water partition coefficient (Wildman–Crippen LogP) is 7.08. The molecule has 0 aromatic carbocycles. The van der Waals surface area contributed by atoms with Crippen molar-refractivity contribution >= 4 is 0 Å². The summed E-state index contributed by atoms with van der Waals surface area (Å²) in [4.78, 5) is 0. The Morgan fingerprint density at radius 3 is 2.00 bits per heavy atom. The van der Waals surface area contributed by atoms with E-state index in [1.807, 2.05) is 0 Å². The molecule has 128 valence electrons. The van der Waals surface area contributed by atoms with Crippen LogP contribution in [0.1, 0.15) is 98.8 Å². The maximum Gasteiger partial charge on any atom is -0.0292 e. The van der Waals surface area contributed by atoms with Gasteiger partial charge in [0.25, 0.3) is 0 Å². The maximum absolute atomic E-state index is 2.66. The predicted molar refractivity (Wildman–Crippen MR) is 96.9 cm³/mol. The average Bonchev–Trinajstić information content (AvgIpc) is 3.30. The van der Waals surface area contributed by atoms with E-state index < -0.39 is 0 Å². The third-order valence-corrected chi connectivity index (χ3v) is 8.11. The molecular weight excluding hydrogens is 264 g/mol. The summed E-state index contributed by atoms with van der Waals surface area (Å²) in [6.07, 6.45) is 15.1. The summed E-state index contributed by atoms with van der Waals surface area (Å²) >= 11 is 0. The minimum Gasteiger partial charge on any atom is -0.0625 e. The molecule has 3 rings (SSSR count). The molecule has 3 fully saturated rings. The Balaban J connectivity index is 1.60. The van der Waals surface area contributed by atoms with Crippen LogP contribution in [0, 0.1) is 40.4 Å². The van der Waals surface area contributed by atoms with E-state index in [0.29, 0.717) is 5.41 Å². The molecule has 0 radical (unpaired) electrons. The van der Waals surface area contributed by atoms with Gasteiger partial charge in [0, 0.05) is 0 Å². The second-order valence-electron chi connectivity index (χ2n) is 10.2. The molecule has 0 saturated heterocycles. The first-order valence-corrected chi connectivity index (χ1v) is 10.4. The monoisotopic (exact) mass is 304 g/mol. The van der Waals surface area contributed by atoms with Crippen molar-refractivity contribution in [2.45, 2.75) is 98.8 Å². The van der Waals surface area contributed by atoms with E-state index in [2.05, 4.69) is 34.6 Å². The molecule has 0 bridgehead atoms. The number of fused-ring (bicyclic) bond motifs is 1. The summed E-state index contributed by atoms with van der Waals surface area (Å²) in [6.45, 7) is 12.7. The Bertz CT molecular complexity index is 383. The van der Waals surface area contributed by atoms with Gasteiger partial charge in [-0.3, -0.25) is 0 Å². The van der Waals surface area contributed by atoms with E-state index >= 15 is 0 Å². The fourth-order valence-electron chi connectivity index (χ4n) is 6.49. The first kappa shape index (κ1) is 16.8. The van der Waals surface area contributed by atoms with Crippen molar-refractivity contribution < 1.29 is 0 Å². The second kappa shape index (κ2) is 6.14. The lowest BCUT2D eigenvalue weighted by atomic mass is 9.73. The molecule has 0 heteroatoms. The molecule has 0 heterocycles. The Morgan fingerprint density at radius 1 is 0.818 bits per heavy atom. The second-order valence-corrected chi connectivity index (χ2v) is 10.2. The highest BCUT2D eigenvalue weighted by atomic mass is 14.6. The summed E-state index contributed by atoms with van der Waals surface area (Å²) in [5.74, 6) is 5.02. The molecular formula is C22H40. The number of hydrogen-bond acceptors (Lipinski definition) is 0. The minimum absolute atomic E-state index is 0.653. The zero-order valence-electron chi connectivity index (χ0n) is 16.0. The molecule has 0 spiro atoms. The molecule has 0 nitrogen and oxygen atoms in total. The van der Waals surface area contributed by atoms with Gasteiger partial charge in [-0.1, -0.05) is 66.7 Å². The topological polar surface area (TPSA) is 0 Å². The van der Waals surface area contributed by atoms with Gasteiger partial charge >= 0.3 is 0 Å². The molecule has 6 unspecified atom stereocenters. The van der Waals surface area contributed by atoms with Crippen LogP contribution in [0.15, 0.2) is 0 Å². The quantitative estimate of drug-likeness (QED) is 0.511. The first-order chi connectivity index (χ1) is 10.4. The Morgan fingerprint density at radius 2 is 1.41 bits per heavy atom. The van der Waals surface area contributed by atoms with Crippen LogP contribution in [0.3, 0.4) is 0 Å². The van der Waals surface area contributed by atoms with Crippen molar-refractivity contribution in [3.8, 4) is 0 Å². The van der Waals surface area contributed by atoms with E-state index in [1.165, 1.54) is 57.8 Å². The van der Waals surface area contributed by atoms with Crippen LogP contribution in [0.4, 0.5) is 0 Å². The number of hydrogen-bond donors (Lipinski definition) is 0. The lowest BCUT2D eigenvalue weighted by Gasteiger charge is -2.32. The van der Waals surface area contributed by atoms with E-state index in [-0.39, 0.29) is 0 Å². The molecule has 3 aliphatic carbocycles. The third kappa shape index (κ3) is 3.27. The SMILES string of the molecule is CC(C)C1C(C)C1C1(C)CCCCCC2(C)CC2CCCC1. The molecule has 22 heavy (non-hydrogen) atoms. The Hall–Kier alpha value is 0. The van der Waals surface area contributed by atoms with Gasteiger partial charge in [0.15, 0.2) is 0 Å². The fourth-order valence-corrected chi connectivity index (χ4v) is 6.49. The Kier molecular flexibility index (Phi) is 4.70. The lowest BCUT2D eigenvalue weighted by molar-refractivity contribution is 0.183. The molecule has 0 aromatic rings. The summed E-state index contributed by atoms with van der Waals surface area (Å²) < 4.78 is 0. The standard InChI is InChI=1S/C22H40/c1-16(2)19-17(3)20(19)21(4)12-8-6-9-14-22(5)15-18(22)11-7-10-13-21/h16-20H,6-15H2,1-5H3.